The molecule has 0 saturated carbocycles. The summed E-state index contributed by atoms with van der Waals surface area (Å²) in [5, 5.41) is 13.1. The van der Waals surface area contributed by atoms with Crippen LogP contribution in [0.2, 0.25) is 18.1 Å². The molecule has 6 rings (SSSR count). The third-order valence-corrected chi connectivity index (χ3v) is 13.5. The van der Waals surface area contributed by atoms with Crippen molar-refractivity contribution >= 4 is 19.2 Å². The third kappa shape index (κ3) is 4.38. The van der Waals surface area contributed by atoms with Gasteiger partial charge in [0.2, 0.25) is 0 Å². The van der Waals surface area contributed by atoms with Crippen LogP contribution in [0.3, 0.4) is 0 Å². The second-order valence-electron chi connectivity index (χ2n) is 12.1. The van der Waals surface area contributed by atoms with E-state index in [1.807, 2.05) is 36.5 Å². The summed E-state index contributed by atoms with van der Waals surface area (Å²) in [5.41, 5.74) is 2.33. The first-order valence-electron chi connectivity index (χ1n) is 13.2. The predicted octanol–water partition coefficient (Wildman–Crippen LogP) is 6.29. The Hall–Kier alpha value is -2.25. The van der Waals surface area contributed by atoms with Gasteiger partial charge in [-0.15, -0.1) is 0 Å². The molecule has 2 bridgehead atoms. The smallest absolute Gasteiger partial charge is 0.192 e. The number of rotatable bonds is 6. The Morgan fingerprint density at radius 2 is 1.86 bits per heavy atom. The first kappa shape index (κ1) is 25.4. The molecule has 3 aliphatic rings. The summed E-state index contributed by atoms with van der Waals surface area (Å²) in [6.07, 6.45) is 3.70. The number of piperidine rings is 3. The Morgan fingerprint density at radius 3 is 2.50 bits per heavy atom. The minimum absolute atomic E-state index is 0.0829. The second kappa shape index (κ2) is 9.25. The van der Waals surface area contributed by atoms with Crippen LogP contribution in [0, 0.1) is 5.92 Å². The minimum Gasteiger partial charge on any atom is -0.497 e. The van der Waals surface area contributed by atoms with Gasteiger partial charge < -0.3 is 14.3 Å². The van der Waals surface area contributed by atoms with E-state index >= 15 is 0 Å². The van der Waals surface area contributed by atoms with Crippen molar-refractivity contribution in [2.24, 2.45) is 5.92 Å². The summed E-state index contributed by atoms with van der Waals surface area (Å²) in [6.45, 7) is 13.2. The molecule has 0 spiro atoms. The summed E-state index contributed by atoms with van der Waals surface area (Å²) < 4.78 is 12.9. The van der Waals surface area contributed by atoms with Gasteiger partial charge >= 0.3 is 0 Å². The molecule has 3 fully saturated rings. The van der Waals surface area contributed by atoms with Gasteiger partial charge in [0, 0.05) is 24.2 Å². The highest BCUT2D eigenvalue weighted by Crippen LogP contribution is 2.50. The average Bonchev–Trinajstić information content (AvgIpc) is 2.87. The molecule has 3 aromatic rings. The predicted molar refractivity (Wildman–Crippen MR) is 148 cm³/mol. The van der Waals surface area contributed by atoms with E-state index in [1.165, 1.54) is 5.56 Å². The highest BCUT2D eigenvalue weighted by Gasteiger charge is 2.53. The molecule has 2 aromatic carbocycles. The topological polar surface area (TPSA) is 54.8 Å². The Labute approximate surface area is 216 Å². The van der Waals surface area contributed by atoms with Gasteiger partial charge in [0.25, 0.3) is 0 Å². The van der Waals surface area contributed by atoms with Gasteiger partial charge in [-0.3, -0.25) is 9.88 Å². The Morgan fingerprint density at radius 1 is 1.11 bits per heavy atom. The van der Waals surface area contributed by atoms with E-state index in [1.54, 1.807) is 7.11 Å². The standard InChI is InChI=1S/C30H40N2O3Si/c1-29(2,3)36(5,6)35-28(24-14-16-31-26-13-12-23(34-4)19-25(24)26)27-18-22-15-17-32(27)20-30(22,33)21-10-8-7-9-11-21/h7-14,16,19,22,27-28,33H,15,17-18,20H2,1-6H3/t22-,27+,28-,30-/m0/s1. The normalized spacial score (nSPS) is 27.2. The molecule has 192 valence electrons. The van der Waals surface area contributed by atoms with Crippen LogP contribution in [0.1, 0.15) is 50.8 Å². The summed E-state index contributed by atoms with van der Waals surface area (Å²) in [6, 6.07) is 18.6. The molecule has 6 heteroatoms. The molecule has 1 aromatic heterocycles. The number of aromatic nitrogens is 1. The lowest BCUT2D eigenvalue weighted by atomic mass is 9.68. The number of methoxy groups -OCH3 is 1. The highest BCUT2D eigenvalue weighted by atomic mass is 28.4. The van der Waals surface area contributed by atoms with Gasteiger partial charge in [0.05, 0.1) is 18.7 Å². The molecule has 4 heterocycles. The maximum Gasteiger partial charge on any atom is 0.192 e. The fraction of sp³-hybridized carbons (Fsp3) is 0.500. The molecule has 3 saturated heterocycles. The molecule has 5 atom stereocenters. The van der Waals surface area contributed by atoms with Gasteiger partial charge in [-0.2, -0.15) is 0 Å². The van der Waals surface area contributed by atoms with Crippen molar-refractivity contribution in [3.05, 3.63) is 71.9 Å². The van der Waals surface area contributed by atoms with Gasteiger partial charge in [0.15, 0.2) is 8.32 Å². The molecular weight excluding hydrogens is 464 g/mol. The van der Waals surface area contributed by atoms with E-state index in [-0.39, 0.29) is 23.1 Å². The van der Waals surface area contributed by atoms with Crippen molar-refractivity contribution in [3.8, 4) is 5.75 Å². The van der Waals surface area contributed by atoms with Gasteiger partial charge in [-0.25, -0.2) is 0 Å². The Balaban J connectivity index is 1.58. The van der Waals surface area contributed by atoms with Crippen LogP contribution in [-0.4, -0.2) is 49.5 Å². The molecule has 3 aliphatic heterocycles. The lowest BCUT2D eigenvalue weighted by Crippen LogP contribution is -2.63. The third-order valence-electron chi connectivity index (χ3n) is 9.02. The molecule has 0 aliphatic carbocycles. The van der Waals surface area contributed by atoms with Crippen molar-refractivity contribution < 1.29 is 14.3 Å². The quantitative estimate of drug-likeness (QED) is 0.400. The van der Waals surface area contributed by atoms with Crippen molar-refractivity contribution in [3.63, 3.8) is 0 Å². The lowest BCUT2D eigenvalue weighted by Gasteiger charge is -2.57. The lowest BCUT2D eigenvalue weighted by molar-refractivity contribution is -0.156. The summed E-state index contributed by atoms with van der Waals surface area (Å²) in [4.78, 5) is 7.13. The number of aliphatic hydroxyl groups is 1. The first-order chi connectivity index (χ1) is 17.0. The van der Waals surface area contributed by atoms with Crippen LogP contribution in [-0.2, 0) is 10.0 Å². The van der Waals surface area contributed by atoms with Crippen LogP contribution in [0.25, 0.3) is 10.9 Å². The second-order valence-corrected chi connectivity index (χ2v) is 16.9. The number of benzene rings is 2. The zero-order valence-corrected chi connectivity index (χ0v) is 23.5. The van der Waals surface area contributed by atoms with E-state index < -0.39 is 13.9 Å². The zero-order valence-electron chi connectivity index (χ0n) is 22.5. The number of fused-ring (bicyclic) bond motifs is 4. The maximum atomic E-state index is 11.9. The van der Waals surface area contributed by atoms with Crippen LogP contribution >= 0.6 is 0 Å². The number of nitrogens with zero attached hydrogens (tertiary/aromatic N) is 2. The van der Waals surface area contributed by atoms with E-state index in [0.29, 0.717) is 6.54 Å². The van der Waals surface area contributed by atoms with E-state index in [0.717, 1.165) is 41.6 Å². The SMILES string of the molecule is COc1ccc2nccc([C@H](O[Si](C)(C)C(C)(C)C)[C@H]3C[C@@H]4CCN3C[C@]4(O)c3ccccc3)c2c1. The van der Waals surface area contributed by atoms with Gasteiger partial charge in [-0.05, 0) is 78.8 Å². The van der Waals surface area contributed by atoms with Crippen molar-refractivity contribution in [1.82, 2.24) is 9.88 Å². The molecule has 5 nitrogen and oxygen atoms in total. The Kier molecular flexibility index (Phi) is 6.52. The number of hydrogen-bond acceptors (Lipinski definition) is 5. The minimum atomic E-state index is -2.11. The molecule has 1 N–H and O–H groups in total. The van der Waals surface area contributed by atoms with E-state index in [2.05, 4.69) is 68.0 Å². The number of ether oxygens (including phenoxy) is 1. The molecular formula is C30H40N2O3Si. The van der Waals surface area contributed by atoms with Gasteiger partial charge in [-0.1, -0.05) is 51.1 Å². The zero-order chi connectivity index (χ0) is 25.7. The van der Waals surface area contributed by atoms with Gasteiger partial charge in [0.1, 0.15) is 11.4 Å². The summed E-state index contributed by atoms with van der Waals surface area (Å²) in [7, 11) is -0.407. The average molecular weight is 505 g/mol. The number of pyridine rings is 1. The summed E-state index contributed by atoms with van der Waals surface area (Å²) >= 11 is 0. The van der Waals surface area contributed by atoms with Crippen LogP contribution < -0.4 is 4.74 Å². The molecule has 36 heavy (non-hydrogen) atoms. The van der Waals surface area contributed by atoms with Crippen molar-refractivity contribution in [1.29, 1.82) is 0 Å². The van der Waals surface area contributed by atoms with Crippen LogP contribution in [0.4, 0.5) is 0 Å². The maximum absolute atomic E-state index is 11.9. The van der Waals surface area contributed by atoms with Crippen LogP contribution in [0.5, 0.6) is 5.75 Å². The van der Waals surface area contributed by atoms with Crippen molar-refractivity contribution in [2.45, 2.75) is 69.5 Å². The Bertz CT molecular complexity index is 1230. The molecule has 1 unspecified atom stereocenters. The summed E-state index contributed by atoms with van der Waals surface area (Å²) in [5.74, 6) is 1.02. The largest absolute Gasteiger partial charge is 0.497 e. The monoisotopic (exact) mass is 504 g/mol. The highest BCUT2D eigenvalue weighted by molar-refractivity contribution is 6.74. The molecule has 0 amide bonds. The first-order valence-corrected chi connectivity index (χ1v) is 16.1. The number of hydrogen-bond donors (Lipinski definition) is 1. The fourth-order valence-electron chi connectivity index (χ4n) is 5.85. The fourth-order valence-corrected chi connectivity index (χ4v) is 7.12. The molecule has 0 radical (unpaired) electrons. The van der Waals surface area contributed by atoms with Crippen LogP contribution in [0.15, 0.2) is 60.8 Å². The van der Waals surface area contributed by atoms with Crippen molar-refractivity contribution in [2.75, 3.05) is 20.2 Å². The van der Waals surface area contributed by atoms with E-state index in [9.17, 15) is 5.11 Å². The van der Waals surface area contributed by atoms with E-state index in [4.69, 9.17) is 9.16 Å².